The zero-order valence-corrected chi connectivity index (χ0v) is 10.8. The fourth-order valence-corrected chi connectivity index (χ4v) is 1.57. The van der Waals surface area contributed by atoms with E-state index in [9.17, 15) is 13.2 Å². The maximum atomic E-state index is 13.3. The van der Waals surface area contributed by atoms with Crippen molar-refractivity contribution in [1.82, 2.24) is 0 Å². The van der Waals surface area contributed by atoms with Gasteiger partial charge in [0.15, 0.2) is 11.6 Å². The molecule has 1 rings (SSSR count). The molecule has 1 aromatic carbocycles. The Hall–Kier alpha value is -1.03. The van der Waals surface area contributed by atoms with Crippen molar-refractivity contribution in [3.8, 4) is 0 Å². The fraction of sp³-hybridized carbons (Fsp3) is 0.500. The van der Waals surface area contributed by atoms with Gasteiger partial charge in [-0.1, -0.05) is 13.8 Å². The second kappa shape index (κ2) is 6.23. The van der Waals surface area contributed by atoms with Gasteiger partial charge >= 0.3 is 0 Å². The van der Waals surface area contributed by atoms with Crippen LogP contribution < -0.4 is 5.73 Å². The standard InChI is InChI=1S/C14H19F3N/c1-14(2,9-18)6-4-3-5-10-7-12(16)13(17)8-11(10)15/h3,7-8H,4-6,9,18H2,1-2H3. The SMILES string of the molecule is CC(C)(CN)CC[CH]Cc1cc(F)c(F)cc1F. The van der Waals surface area contributed by atoms with Crippen LogP contribution in [0.2, 0.25) is 0 Å². The predicted molar refractivity (Wildman–Crippen MR) is 66.4 cm³/mol. The van der Waals surface area contributed by atoms with Crippen molar-refractivity contribution in [3.05, 3.63) is 41.6 Å². The van der Waals surface area contributed by atoms with Gasteiger partial charge in [-0.25, -0.2) is 13.2 Å². The van der Waals surface area contributed by atoms with Crippen LogP contribution in [0.15, 0.2) is 12.1 Å². The first-order chi connectivity index (χ1) is 8.35. The largest absolute Gasteiger partial charge is 0.330 e. The summed E-state index contributed by atoms with van der Waals surface area (Å²) >= 11 is 0. The van der Waals surface area contributed by atoms with Gasteiger partial charge in [0.05, 0.1) is 0 Å². The normalized spacial score (nSPS) is 11.9. The van der Waals surface area contributed by atoms with E-state index in [0.717, 1.165) is 18.9 Å². The van der Waals surface area contributed by atoms with Crippen molar-refractivity contribution >= 4 is 0 Å². The molecule has 1 aromatic rings. The Labute approximate surface area is 106 Å². The molecule has 0 aliphatic rings. The lowest BCUT2D eigenvalue weighted by Crippen LogP contribution is -2.23. The molecular formula is C14H19F3N. The van der Waals surface area contributed by atoms with E-state index in [1.807, 2.05) is 6.42 Å². The van der Waals surface area contributed by atoms with Crippen molar-refractivity contribution in [2.45, 2.75) is 33.1 Å². The number of rotatable bonds is 6. The van der Waals surface area contributed by atoms with Gasteiger partial charge in [0.1, 0.15) is 5.82 Å². The lowest BCUT2D eigenvalue weighted by molar-refractivity contribution is 0.345. The quantitative estimate of drug-likeness (QED) is 0.612. The Morgan fingerprint density at radius 1 is 1.11 bits per heavy atom. The number of unbranched alkanes of at least 4 members (excludes halogenated alkanes) is 1. The highest BCUT2D eigenvalue weighted by Crippen LogP contribution is 2.22. The predicted octanol–water partition coefficient (Wildman–Crippen LogP) is 3.62. The molecule has 0 amide bonds. The number of hydrogen-bond donors (Lipinski definition) is 1. The summed E-state index contributed by atoms with van der Waals surface area (Å²) in [5.41, 5.74) is 5.82. The summed E-state index contributed by atoms with van der Waals surface area (Å²) in [6.45, 7) is 4.69. The molecular weight excluding hydrogens is 239 g/mol. The first kappa shape index (κ1) is 15.0. The van der Waals surface area contributed by atoms with Gasteiger partial charge < -0.3 is 5.73 Å². The lowest BCUT2D eigenvalue weighted by atomic mass is 9.87. The average molecular weight is 258 g/mol. The third-order valence-electron chi connectivity index (χ3n) is 3.03. The van der Waals surface area contributed by atoms with Crippen molar-refractivity contribution in [3.63, 3.8) is 0 Å². The maximum Gasteiger partial charge on any atom is 0.161 e. The highest BCUT2D eigenvalue weighted by molar-refractivity contribution is 5.21. The average Bonchev–Trinajstić information content (AvgIpc) is 2.31. The summed E-state index contributed by atoms with van der Waals surface area (Å²) < 4.78 is 39.0. The van der Waals surface area contributed by atoms with Crippen LogP contribution in [-0.4, -0.2) is 6.54 Å². The van der Waals surface area contributed by atoms with E-state index < -0.39 is 17.5 Å². The minimum atomic E-state index is -1.15. The summed E-state index contributed by atoms with van der Waals surface area (Å²) in [5.74, 6) is -2.87. The lowest BCUT2D eigenvalue weighted by Gasteiger charge is -2.21. The molecule has 0 bridgehead atoms. The number of nitrogens with two attached hydrogens (primary N) is 1. The van der Waals surface area contributed by atoms with Gasteiger partial charge in [-0.3, -0.25) is 0 Å². The second-order valence-corrected chi connectivity index (χ2v) is 5.26. The van der Waals surface area contributed by atoms with Gasteiger partial charge in [0.25, 0.3) is 0 Å². The fourth-order valence-electron chi connectivity index (χ4n) is 1.57. The Balaban J connectivity index is 2.47. The third kappa shape index (κ3) is 4.33. The van der Waals surface area contributed by atoms with Gasteiger partial charge in [0, 0.05) is 6.07 Å². The van der Waals surface area contributed by atoms with Crippen LogP contribution in [0.1, 0.15) is 32.3 Å². The van der Waals surface area contributed by atoms with Crippen LogP contribution in [0.4, 0.5) is 13.2 Å². The highest BCUT2D eigenvalue weighted by atomic mass is 19.2. The molecule has 0 fully saturated rings. The van der Waals surface area contributed by atoms with E-state index >= 15 is 0 Å². The van der Waals surface area contributed by atoms with Crippen molar-refractivity contribution < 1.29 is 13.2 Å². The summed E-state index contributed by atoms with van der Waals surface area (Å²) in [5, 5.41) is 0. The maximum absolute atomic E-state index is 13.3. The second-order valence-electron chi connectivity index (χ2n) is 5.26. The molecule has 18 heavy (non-hydrogen) atoms. The van der Waals surface area contributed by atoms with E-state index in [-0.39, 0.29) is 11.0 Å². The molecule has 0 aliphatic carbocycles. The van der Waals surface area contributed by atoms with Crippen molar-refractivity contribution in [2.24, 2.45) is 11.1 Å². The van der Waals surface area contributed by atoms with E-state index in [1.54, 1.807) is 0 Å². The monoisotopic (exact) mass is 258 g/mol. The van der Waals surface area contributed by atoms with Crippen LogP contribution in [0.5, 0.6) is 0 Å². The molecule has 0 heterocycles. The first-order valence-electron chi connectivity index (χ1n) is 6.01. The van der Waals surface area contributed by atoms with E-state index in [2.05, 4.69) is 13.8 Å². The zero-order valence-electron chi connectivity index (χ0n) is 10.8. The summed E-state index contributed by atoms with van der Waals surface area (Å²) in [6.07, 6.45) is 3.81. The third-order valence-corrected chi connectivity index (χ3v) is 3.03. The number of benzene rings is 1. The molecule has 0 spiro atoms. The van der Waals surface area contributed by atoms with Crippen molar-refractivity contribution in [2.75, 3.05) is 6.54 Å². The summed E-state index contributed by atoms with van der Waals surface area (Å²) in [6, 6.07) is 1.50. The Morgan fingerprint density at radius 2 is 1.72 bits per heavy atom. The van der Waals surface area contributed by atoms with Crippen molar-refractivity contribution in [1.29, 1.82) is 0 Å². The Morgan fingerprint density at radius 3 is 2.33 bits per heavy atom. The Kier molecular flexibility index (Phi) is 5.20. The topological polar surface area (TPSA) is 26.0 Å². The Bertz CT molecular complexity index is 402. The minimum absolute atomic E-state index is 0.0447. The summed E-state index contributed by atoms with van der Waals surface area (Å²) in [7, 11) is 0. The molecule has 0 aliphatic heterocycles. The smallest absolute Gasteiger partial charge is 0.161 e. The molecule has 101 valence electrons. The molecule has 1 radical (unpaired) electrons. The molecule has 0 saturated carbocycles. The van der Waals surface area contributed by atoms with Crippen LogP contribution in [0.3, 0.4) is 0 Å². The zero-order chi connectivity index (χ0) is 13.8. The van der Waals surface area contributed by atoms with Gasteiger partial charge in [-0.2, -0.15) is 0 Å². The molecule has 0 atom stereocenters. The van der Waals surface area contributed by atoms with E-state index in [4.69, 9.17) is 5.73 Å². The first-order valence-corrected chi connectivity index (χ1v) is 6.01. The molecule has 2 N–H and O–H groups in total. The van der Waals surface area contributed by atoms with Crippen LogP contribution in [0, 0.1) is 29.3 Å². The number of halogens is 3. The van der Waals surface area contributed by atoms with Gasteiger partial charge in [0.2, 0.25) is 0 Å². The van der Waals surface area contributed by atoms with Gasteiger partial charge in [-0.05, 0) is 49.3 Å². The van der Waals surface area contributed by atoms with Crippen LogP contribution >= 0.6 is 0 Å². The van der Waals surface area contributed by atoms with Crippen LogP contribution in [0.25, 0.3) is 0 Å². The minimum Gasteiger partial charge on any atom is -0.330 e. The molecule has 0 aromatic heterocycles. The summed E-state index contributed by atoms with van der Waals surface area (Å²) in [4.78, 5) is 0. The van der Waals surface area contributed by atoms with Gasteiger partial charge in [-0.15, -0.1) is 0 Å². The molecule has 0 saturated heterocycles. The van der Waals surface area contributed by atoms with E-state index in [1.165, 1.54) is 0 Å². The molecule has 4 heteroatoms. The number of hydrogen-bond acceptors (Lipinski definition) is 1. The molecule has 1 nitrogen and oxygen atoms in total. The molecule has 0 unspecified atom stereocenters. The van der Waals surface area contributed by atoms with E-state index in [0.29, 0.717) is 19.0 Å². The van der Waals surface area contributed by atoms with Crippen LogP contribution in [-0.2, 0) is 6.42 Å². The highest BCUT2D eigenvalue weighted by Gasteiger charge is 2.15.